The van der Waals surface area contributed by atoms with Crippen LogP contribution in [-0.2, 0) is 28.6 Å². The molecule has 0 N–H and O–H groups in total. The SMILES string of the molecule is CC/C=C\C/C=C\C/C=C\C/C=C\C/C=C\CCCCCCCCCCCCCCCC(=O)OCC(COC(=O)CCCC/C=C\C/C=C\C/C=C\C/C=C\CC)OC(=O)CCCCCCCC/C=C\C/C=C\C/C=C\CCCCCCC. The van der Waals surface area contributed by atoms with Crippen LogP contribution < -0.4 is 0 Å². The predicted octanol–water partition coefficient (Wildman–Crippen LogP) is 23.9. The van der Waals surface area contributed by atoms with Crippen molar-refractivity contribution in [3.8, 4) is 0 Å². The van der Waals surface area contributed by atoms with Gasteiger partial charge in [-0.15, -0.1) is 0 Å². The summed E-state index contributed by atoms with van der Waals surface area (Å²) >= 11 is 0. The van der Waals surface area contributed by atoms with Crippen LogP contribution in [0.15, 0.2) is 146 Å². The van der Waals surface area contributed by atoms with E-state index in [1.54, 1.807) is 0 Å². The summed E-state index contributed by atoms with van der Waals surface area (Å²) in [5, 5.41) is 0. The number of hydrogen-bond donors (Lipinski definition) is 0. The highest BCUT2D eigenvalue weighted by Gasteiger charge is 2.19. The molecule has 0 heterocycles. The van der Waals surface area contributed by atoms with Crippen LogP contribution in [0.1, 0.15) is 303 Å². The van der Waals surface area contributed by atoms with Gasteiger partial charge >= 0.3 is 17.9 Å². The zero-order chi connectivity index (χ0) is 59.9. The molecule has 0 rings (SSSR count). The molecule has 470 valence electrons. The van der Waals surface area contributed by atoms with E-state index >= 15 is 0 Å². The fourth-order valence-electron chi connectivity index (χ4n) is 9.23. The Morgan fingerprint density at radius 2 is 0.470 bits per heavy atom. The number of esters is 3. The second-order valence-electron chi connectivity index (χ2n) is 22.3. The molecule has 0 bridgehead atoms. The maximum Gasteiger partial charge on any atom is 0.306 e. The summed E-state index contributed by atoms with van der Waals surface area (Å²) in [4.78, 5) is 38.4. The van der Waals surface area contributed by atoms with Gasteiger partial charge in [-0.2, -0.15) is 0 Å². The summed E-state index contributed by atoms with van der Waals surface area (Å²) in [6.45, 7) is 6.37. The fourth-order valence-corrected chi connectivity index (χ4v) is 9.23. The molecule has 1 unspecified atom stereocenters. The van der Waals surface area contributed by atoms with Crippen LogP contribution in [0.2, 0.25) is 0 Å². The van der Waals surface area contributed by atoms with Gasteiger partial charge in [0.15, 0.2) is 6.10 Å². The molecule has 0 spiro atoms. The number of carbonyl (C=O) groups is 3. The molecule has 0 aromatic rings. The average Bonchev–Trinajstić information content (AvgIpc) is 3.49. The molecular weight excluding hydrogens is 1020 g/mol. The predicted molar refractivity (Wildman–Crippen MR) is 362 cm³/mol. The molecule has 6 heteroatoms. The lowest BCUT2D eigenvalue weighted by Gasteiger charge is -2.18. The Labute approximate surface area is 512 Å². The number of ether oxygens (including phenoxy) is 3. The van der Waals surface area contributed by atoms with Crippen molar-refractivity contribution in [2.75, 3.05) is 13.2 Å². The molecule has 0 aromatic carbocycles. The van der Waals surface area contributed by atoms with Gasteiger partial charge in [-0.25, -0.2) is 0 Å². The van der Waals surface area contributed by atoms with Crippen LogP contribution in [0, 0.1) is 0 Å². The largest absolute Gasteiger partial charge is 0.462 e. The topological polar surface area (TPSA) is 78.9 Å². The van der Waals surface area contributed by atoms with E-state index < -0.39 is 6.10 Å². The van der Waals surface area contributed by atoms with Crippen LogP contribution in [0.25, 0.3) is 0 Å². The zero-order valence-electron chi connectivity index (χ0n) is 53.9. The second kappa shape index (κ2) is 69.8. The van der Waals surface area contributed by atoms with Crippen molar-refractivity contribution in [2.45, 2.75) is 309 Å². The van der Waals surface area contributed by atoms with Crippen molar-refractivity contribution in [2.24, 2.45) is 0 Å². The van der Waals surface area contributed by atoms with Crippen molar-refractivity contribution in [3.63, 3.8) is 0 Å². The van der Waals surface area contributed by atoms with Gasteiger partial charge in [0, 0.05) is 19.3 Å². The molecule has 0 aliphatic heterocycles. The van der Waals surface area contributed by atoms with Crippen LogP contribution in [0.4, 0.5) is 0 Å². The molecule has 6 nitrogen and oxygen atoms in total. The molecule has 0 radical (unpaired) electrons. The third-order valence-electron chi connectivity index (χ3n) is 14.3. The van der Waals surface area contributed by atoms with E-state index in [9.17, 15) is 14.4 Å². The first-order chi connectivity index (χ1) is 41.0. The number of allylic oxidation sites excluding steroid dienone is 24. The minimum absolute atomic E-state index is 0.101. The van der Waals surface area contributed by atoms with Crippen molar-refractivity contribution < 1.29 is 28.6 Å². The van der Waals surface area contributed by atoms with Crippen LogP contribution in [-0.4, -0.2) is 37.2 Å². The number of carbonyl (C=O) groups excluding carboxylic acids is 3. The molecule has 0 aliphatic rings. The Morgan fingerprint density at radius 1 is 0.253 bits per heavy atom. The normalized spacial score (nSPS) is 13.0. The van der Waals surface area contributed by atoms with E-state index in [1.165, 1.54) is 122 Å². The number of unbranched alkanes of at least 4 members (excludes halogenated alkanes) is 26. The molecule has 83 heavy (non-hydrogen) atoms. The second-order valence-corrected chi connectivity index (χ2v) is 22.3. The lowest BCUT2D eigenvalue weighted by Crippen LogP contribution is -2.30. The first-order valence-electron chi connectivity index (χ1n) is 34.3. The summed E-state index contributed by atoms with van der Waals surface area (Å²) in [7, 11) is 0. The van der Waals surface area contributed by atoms with Gasteiger partial charge in [-0.1, -0.05) is 289 Å². The maximum atomic E-state index is 12.9. The van der Waals surface area contributed by atoms with E-state index in [-0.39, 0.29) is 31.1 Å². The summed E-state index contributed by atoms with van der Waals surface area (Å²) < 4.78 is 16.9. The van der Waals surface area contributed by atoms with Gasteiger partial charge in [0.2, 0.25) is 0 Å². The lowest BCUT2D eigenvalue weighted by atomic mass is 10.0. The number of hydrogen-bond acceptors (Lipinski definition) is 6. The Hall–Kier alpha value is -4.71. The Balaban J connectivity index is 4.38. The first kappa shape index (κ1) is 78.3. The summed E-state index contributed by atoms with van der Waals surface area (Å²) in [5.41, 5.74) is 0. The first-order valence-corrected chi connectivity index (χ1v) is 34.3. The smallest absolute Gasteiger partial charge is 0.306 e. The maximum absolute atomic E-state index is 12.9. The average molecular weight is 1150 g/mol. The van der Waals surface area contributed by atoms with E-state index in [2.05, 4.69) is 167 Å². The van der Waals surface area contributed by atoms with Gasteiger partial charge in [0.1, 0.15) is 13.2 Å². The van der Waals surface area contributed by atoms with E-state index in [0.29, 0.717) is 19.3 Å². The highest BCUT2D eigenvalue weighted by molar-refractivity contribution is 5.71. The Morgan fingerprint density at radius 3 is 0.759 bits per heavy atom. The van der Waals surface area contributed by atoms with Crippen molar-refractivity contribution in [1.29, 1.82) is 0 Å². The van der Waals surface area contributed by atoms with E-state index in [1.807, 2.05) is 0 Å². The van der Waals surface area contributed by atoms with Crippen molar-refractivity contribution in [1.82, 2.24) is 0 Å². The standard InChI is InChI=1S/C77H126O6/c1-4-7-10-13-16-19-22-25-28-30-32-34-35-36-37-38-39-40-41-43-44-46-49-52-55-58-61-64-67-70-76(79)82-73-74(72-81-75(78)69-66-63-60-57-54-51-48-27-24-21-18-15-12-9-6-3)83-77(80)71-68-65-62-59-56-53-50-47-45-42-33-31-29-26-23-20-17-14-11-8-5-2/h7,9-10,12,16,18-19,21,23,25-28,31-34,36-37,45,47-48,54,57,74H,4-6,8,11,13-15,17,20,22,24,29-30,35,38-44,46,49-53,55-56,58-73H2,1-3H3/b10-7-,12-9-,19-16-,21-18-,26-23-,28-25-,33-31-,34-32-,37-36-,47-45-,48-27-,57-54-. The lowest BCUT2D eigenvalue weighted by molar-refractivity contribution is -0.167. The minimum atomic E-state index is -0.810. The highest BCUT2D eigenvalue weighted by atomic mass is 16.6. The third-order valence-corrected chi connectivity index (χ3v) is 14.3. The Kier molecular flexibility index (Phi) is 65.8. The molecule has 1 atom stereocenters. The Bertz CT molecular complexity index is 1800. The van der Waals surface area contributed by atoms with Crippen LogP contribution >= 0.6 is 0 Å². The molecule has 0 saturated heterocycles. The summed E-state index contributed by atoms with van der Waals surface area (Å²) in [5.74, 6) is -0.954. The third kappa shape index (κ3) is 68.0. The van der Waals surface area contributed by atoms with Gasteiger partial charge in [0.25, 0.3) is 0 Å². The fraction of sp³-hybridized carbons (Fsp3) is 0.649. The number of rotatable bonds is 61. The molecule has 0 amide bonds. The summed E-state index contributed by atoms with van der Waals surface area (Å²) in [6.07, 6.45) is 100. The van der Waals surface area contributed by atoms with E-state index in [0.717, 1.165) is 141 Å². The molecule has 0 saturated carbocycles. The molecule has 0 aliphatic carbocycles. The quantitative estimate of drug-likeness (QED) is 0.0261. The molecule has 0 aromatic heterocycles. The van der Waals surface area contributed by atoms with Gasteiger partial charge in [-0.05, 0) is 141 Å². The monoisotopic (exact) mass is 1150 g/mol. The molecule has 0 fully saturated rings. The van der Waals surface area contributed by atoms with Gasteiger partial charge < -0.3 is 14.2 Å². The van der Waals surface area contributed by atoms with Crippen molar-refractivity contribution >= 4 is 17.9 Å². The minimum Gasteiger partial charge on any atom is -0.462 e. The highest BCUT2D eigenvalue weighted by Crippen LogP contribution is 2.16. The molecular formula is C77H126O6. The van der Waals surface area contributed by atoms with Gasteiger partial charge in [0.05, 0.1) is 0 Å². The summed E-state index contributed by atoms with van der Waals surface area (Å²) in [6, 6.07) is 0. The van der Waals surface area contributed by atoms with Crippen LogP contribution in [0.3, 0.4) is 0 Å². The van der Waals surface area contributed by atoms with Crippen molar-refractivity contribution in [3.05, 3.63) is 146 Å². The van der Waals surface area contributed by atoms with Crippen LogP contribution in [0.5, 0.6) is 0 Å². The zero-order valence-corrected chi connectivity index (χ0v) is 53.9. The van der Waals surface area contributed by atoms with E-state index in [4.69, 9.17) is 14.2 Å². The van der Waals surface area contributed by atoms with Gasteiger partial charge in [-0.3, -0.25) is 14.4 Å².